The van der Waals surface area contributed by atoms with Crippen LogP contribution in [0.3, 0.4) is 0 Å². The van der Waals surface area contributed by atoms with E-state index in [0.717, 1.165) is 18.7 Å². The summed E-state index contributed by atoms with van der Waals surface area (Å²) in [7, 11) is 0. The molecule has 0 bridgehead atoms. The van der Waals surface area contributed by atoms with Crippen LogP contribution in [0.25, 0.3) is 0 Å². The largest absolute Gasteiger partial charge is 0.343 e. The van der Waals surface area contributed by atoms with Crippen LogP contribution in [0.15, 0.2) is 24.3 Å². The number of amides is 1. The Labute approximate surface area is 115 Å². The van der Waals surface area contributed by atoms with Crippen LogP contribution in [0.1, 0.15) is 31.7 Å². The van der Waals surface area contributed by atoms with Gasteiger partial charge in [-0.25, -0.2) is 4.39 Å². The summed E-state index contributed by atoms with van der Waals surface area (Å²) < 4.78 is 12.2. The first-order chi connectivity index (χ1) is 9.09. The average molecular weight is 263 g/mol. The van der Waals surface area contributed by atoms with E-state index in [2.05, 4.69) is 12.8 Å². The zero-order valence-electron chi connectivity index (χ0n) is 11.7. The van der Waals surface area contributed by atoms with E-state index in [1.807, 2.05) is 17.9 Å². The number of hydrogen-bond acceptors (Lipinski definition) is 1. The first kappa shape index (κ1) is 17.2. The molecule has 19 heavy (non-hydrogen) atoms. The Kier molecular flexibility index (Phi) is 9.16. The van der Waals surface area contributed by atoms with Gasteiger partial charge in [-0.15, -0.1) is 12.8 Å². The van der Waals surface area contributed by atoms with Gasteiger partial charge in [0.2, 0.25) is 5.91 Å². The Morgan fingerprint density at radius 1 is 1.21 bits per heavy atom. The Hall–Kier alpha value is -1.82. The third-order valence-electron chi connectivity index (χ3n) is 2.78. The Bertz CT molecular complexity index is 377. The molecule has 3 heteroatoms. The van der Waals surface area contributed by atoms with Crippen molar-refractivity contribution in [3.8, 4) is 12.8 Å². The molecule has 2 nitrogen and oxygen atoms in total. The lowest BCUT2D eigenvalue weighted by atomic mass is 10.1. The highest BCUT2D eigenvalue weighted by atomic mass is 19.1. The minimum Gasteiger partial charge on any atom is -0.343 e. The number of rotatable bonds is 0. The van der Waals surface area contributed by atoms with Gasteiger partial charge in [0.1, 0.15) is 5.82 Å². The molecule has 1 aliphatic rings. The molecule has 0 aromatic heterocycles. The van der Waals surface area contributed by atoms with E-state index in [9.17, 15) is 9.18 Å². The predicted molar refractivity (Wildman–Crippen MR) is 77.1 cm³/mol. The van der Waals surface area contributed by atoms with E-state index in [4.69, 9.17) is 0 Å². The molecular formula is C16H22FNO. The van der Waals surface area contributed by atoms with Crippen molar-refractivity contribution in [2.75, 3.05) is 13.1 Å². The van der Waals surface area contributed by atoms with Crippen LogP contribution in [0.4, 0.5) is 4.39 Å². The van der Waals surface area contributed by atoms with Crippen molar-refractivity contribution >= 4 is 5.91 Å². The van der Waals surface area contributed by atoms with Gasteiger partial charge in [-0.1, -0.05) is 12.1 Å². The minimum atomic E-state index is -0.162. The molecule has 104 valence electrons. The third kappa shape index (κ3) is 7.99. The van der Waals surface area contributed by atoms with Gasteiger partial charge >= 0.3 is 0 Å². The van der Waals surface area contributed by atoms with Crippen LogP contribution in [-0.2, 0) is 4.79 Å². The number of likely N-dealkylation sites (tertiary alicyclic amines) is 1. The normalized spacial score (nSPS) is 13.4. The molecule has 0 aliphatic carbocycles. The first-order valence-corrected chi connectivity index (χ1v) is 6.40. The first-order valence-electron chi connectivity index (χ1n) is 6.40. The molecule has 0 radical (unpaired) electrons. The van der Waals surface area contributed by atoms with Crippen molar-refractivity contribution < 1.29 is 9.18 Å². The highest BCUT2D eigenvalue weighted by Gasteiger charge is 2.10. The van der Waals surface area contributed by atoms with Crippen LogP contribution in [0.5, 0.6) is 0 Å². The topological polar surface area (TPSA) is 20.3 Å². The van der Waals surface area contributed by atoms with Crippen LogP contribution in [0.2, 0.25) is 0 Å². The van der Waals surface area contributed by atoms with Gasteiger partial charge in [0, 0.05) is 20.0 Å². The second-order valence-electron chi connectivity index (χ2n) is 4.37. The maximum absolute atomic E-state index is 12.2. The number of aryl methyl sites for hydroxylation is 1. The summed E-state index contributed by atoms with van der Waals surface area (Å²) >= 11 is 0. The van der Waals surface area contributed by atoms with Crippen molar-refractivity contribution in [1.29, 1.82) is 0 Å². The molecule has 1 aromatic rings. The second kappa shape index (κ2) is 10.1. The van der Waals surface area contributed by atoms with Gasteiger partial charge in [0.15, 0.2) is 0 Å². The van der Waals surface area contributed by atoms with Crippen molar-refractivity contribution in [3.63, 3.8) is 0 Å². The summed E-state index contributed by atoms with van der Waals surface area (Å²) in [5.74, 6) is 0.0692. The molecule has 1 saturated heterocycles. The van der Waals surface area contributed by atoms with Crippen molar-refractivity contribution in [2.45, 2.75) is 33.1 Å². The summed E-state index contributed by atoms with van der Waals surface area (Å²) in [6.07, 6.45) is 11.7. The summed E-state index contributed by atoms with van der Waals surface area (Å²) in [6, 6.07) is 6.50. The van der Waals surface area contributed by atoms with Gasteiger partial charge in [-0.3, -0.25) is 4.79 Å². The molecule has 1 amide bonds. The fraction of sp³-hybridized carbons (Fsp3) is 0.438. The SMILES string of the molecule is C#C.CC(=O)N1CCCCC1.Cc1cccc(F)c1. The fourth-order valence-electron chi connectivity index (χ4n) is 1.81. The van der Waals surface area contributed by atoms with Crippen molar-refractivity contribution in [3.05, 3.63) is 35.6 Å². The lowest BCUT2D eigenvalue weighted by molar-refractivity contribution is -0.129. The van der Waals surface area contributed by atoms with E-state index in [0.29, 0.717) is 0 Å². The quantitative estimate of drug-likeness (QED) is 0.657. The lowest BCUT2D eigenvalue weighted by Gasteiger charge is -2.24. The van der Waals surface area contributed by atoms with E-state index in [-0.39, 0.29) is 11.7 Å². The standard InChI is InChI=1S/C7H7F.C7H13NO.C2H2/c1-6-3-2-4-7(8)5-6;1-7(9)8-5-3-2-4-6-8;1-2/h2-5H,1H3;2-6H2,1H3;1-2H. The van der Waals surface area contributed by atoms with Gasteiger partial charge in [-0.2, -0.15) is 0 Å². The van der Waals surface area contributed by atoms with Crippen LogP contribution >= 0.6 is 0 Å². The number of nitrogens with zero attached hydrogens (tertiary/aromatic N) is 1. The highest BCUT2D eigenvalue weighted by molar-refractivity contribution is 5.73. The number of carbonyl (C=O) groups is 1. The number of benzene rings is 1. The van der Waals surface area contributed by atoms with E-state index < -0.39 is 0 Å². The molecular weight excluding hydrogens is 241 g/mol. The summed E-state index contributed by atoms with van der Waals surface area (Å²) in [5.41, 5.74) is 0.963. The number of hydrogen-bond donors (Lipinski definition) is 0. The van der Waals surface area contributed by atoms with Gasteiger partial charge in [0.25, 0.3) is 0 Å². The second-order valence-corrected chi connectivity index (χ2v) is 4.37. The molecule has 1 fully saturated rings. The summed E-state index contributed by atoms with van der Waals surface area (Å²) in [6.45, 7) is 5.47. The van der Waals surface area contributed by atoms with E-state index in [1.54, 1.807) is 13.0 Å². The van der Waals surface area contributed by atoms with Crippen LogP contribution in [-0.4, -0.2) is 23.9 Å². The van der Waals surface area contributed by atoms with Gasteiger partial charge < -0.3 is 4.90 Å². The number of terminal acetylenes is 1. The van der Waals surface area contributed by atoms with E-state index >= 15 is 0 Å². The molecule has 1 aromatic carbocycles. The smallest absolute Gasteiger partial charge is 0.219 e. The lowest BCUT2D eigenvalue weighted by Crippen LogP contribution is -2.33. The third-order valence-corrected chi connectivity index (χ3v) is 2.78. The fourth-order valence-corrected chi connectivity index (χ4v) is 1.81. The highest BCUT2D eigenvalue weighted by Crippen LogP contribution is 2.07. The van der Waals surface area contributed by atoms with Crippen molar-refractivity contribution in [2.24, 2.45) is 0 Å². The predicted octanol–water partition coefficient (Wildman–Crippen LogP) is 3.40. The zero-order chi connectivity index (χ0) is 14.7. The minimum absolute atomic E-state index is 0.162. The Morgan fingerprint density at radius 2 is 1.79 bits per heavy atom. The monoisotopic (exact) mass is 263 g/mol. The number of piperidine rings is 1. The molecule has 0 atom stereocenters. The Morgan fingerprint density at radius 3 is 2.11 bits per heavy atom. The Balaban J connectivity index is 0.000000303. The molecule has 0 unspecified atom stereocenters. The number of halogens is 1. The zero-order valence-corrected chi connectivity index (χ0v) is 11.7. The molecule has 0 N–H and O–H groups in total. The molecule has 1 heterocycles. The molecule has 2 rings (SSSR count). The molecule has 0 saturated carbocycles. The van der Waals surface area contributed by atoms with E-state index in [1.165, 1.54) is 31.4 Å². The molecule has 1 aliphatic heterocycles. The van der Waals surface area contributed by atoms with Gasteiger partial charge in [0.05, 0.1) is 0 Å². The van der Waals surface area contributed by atoms with Crippen molar-refractivity contribution in [1.82, 2.24) is 4.90 Å². The summed E-state index contributed by atoms with van der Waals surface area (Å²) in [5, 5.41) is 0. The van der Waals surface area contributed by atoms with Crippen LogP contribution in [0, 0.1) is 25.6 Å². The number of carbonyl (C=O) groups excluding carboxylic acids is 1. The maximum atomic E-state index is 12.2. The maximum Gasteiger partial charge on any atom is 0.219 e. The van der Waals surface area contributed by atoms with Gasteiger partial charge in [-0.05, 0) is 43.9 Å². The van der Waals surface area contributed by atoms with Crippen LogP contribution < -0.4 is 0 Å². The average Bonchev–Trinajstić information content (AvgIpc) is 2.42. The summed E-state index contributed by atoms with van der Waals surface area (Å²) in [4.78, 5) is 12.6. The molecule has 0 spiro atoms.